The van der Waals surface area contributed by atoms with E-state index in [4.69, 9.17) is 0 Å². The molecule has 98 valence electrons. The topological polar surface area (TPSA) is 29.1 Å². The van der Waals surface area contributed by atoms with E-state index in [1.165, 1.54) is 31.2 Å². The van der Waals surface area contributed by atoms with Crippen LogP contribution in [0.2, 0.25) is 0 Å². The van der Waals surface area contributed by atoms with Gasteiger partial charge >= 0.3 is 0 Å². The zero-order chi connectivity index (χ0) is 12.8. The van der Waals surface area contributed by atoms with Gasteiger partial charge in [0.2, 0.25) is 5.91 Å². The molecule has 2 heteroatoms. The van der Waals surface area contributed by atoms with Crippen LogP contribution in [0.4, 0.5) is 0 Å². The Hall–Kier alpha value is -1.31. The molecule has 1 atom stereocenters. The van der Waals surface area contributed by atoms with Crippen LogP contribution < -0.4 is 5.32 Å². The number of amides is 1. The Balaban J connectivity index is 1.72. The van der Waals surface area contributed by atoms with Crippen LogP contribution in [0.5, 0.6) is 0 Å². The van der Waals surface area contributed by atoms with Gasteiger partial charge in [-0.1, -0.05) is 50.1 Å². The SMILES string of the molecule is CC(CNC(=O)CC1CCCC1)c1ccccc1. The molecule has 0 aliphatic heterocycles. The summed E-state index contributed by atoms with van der Waals surface area (Å²) in [6, 6.07) is 10.4. The second-order valence-corrected chi connectivity index (χ2v) is 5.47. The van der Waals surface area contributed by atoms with Crippen LogP contribution >= 0.6 is 0 Å². The average molecular weight is 245 g/mol. The highest BCUT2D eigenvalue weighted by Crippen LogP contribution is 2.27. The monoisotopic (exact) mass is 245 g/mol. The summed E-state index contributed by atoms with van der Waals surface area (Å²) in [7, 11) is 0. The third-order valence-electron chi connectivity index (χ3n) is 3.92. The number of carbonyl (C=O) groups is 1. The Morgan fingerprint density at radius 2 is 1.94 bits per heavy atom. The van der Waals surface area contributed by atoms with Crippen molar-refractivity contribution in [3.63, 3.8) is 0 Å². The van der Waals surface area contributed by atoms with Crippen molar-refractivity contribution >= 4 is 5.91 Å². The van der Waals surface area contributed by atoms with Gasteiger partial charge in [0.1, 0.15) is 0 Å². The number of rotatable bonds is 5. The first-order valence-corrected chi connectivity index (χ1v) is 7.07. The molecular formula is C16H23NO. The van der Waals surface area contributed by atoms with E-state index in [2.05, 4.69) is 24.4 Å². The maximum absolute atomic E-state index is 11.8. The molecule has 0 aromatic heterocycles. The average Bonchev–Trinajstić information content (AvgIpc) is 2.90. The van der Waals surface area contributed by atoms with Crippen LogP contribution in [0.15, 0.2) is 30.3 Å². The maximum atomic E-state index is 11.8. The van der Waals surface area contributed by atoms with Crippen LogP contribution in [0.3, 0.4) is 0 Å². The highest BCUT2D eigenvalue weighted by atomic mass is 16.1. The lowest BCUT2D eigenvalue weighted by Gasteiger charge is -2.14. The molecule has 0 heterocycles. The summed E-state index contributed by atoms with van der Waals surface area (Å²) in [5, 5.41) is 3.07. The fourth-order valence-electron chi connectivity index (χ4n) is 2.72. The summed E-state index contributed by atoms with van der Waals surface area (Å²) in [6.07, 6.45) is 5.81. The predicted molar refractivity (Wildman–Crippen MR) is 74.4 cm³/mol. The first-order chi connectivity index (χ1) is 8.75. The van der Waals surface area contributed by atoms with Gasteiger partial charge in [0, 0.05) is 13.0 Å². The minimum absolute atomic E-state index is 0.227. The van der Waals surface area contributed by atoms with Gasteiger partial charge in [-0.05, 0) is 30.2 Å². The number of nitrogens with one attached hydrogen (secondary N) is 1. The summed E-state index contributed by atoms with van der Waals surface area (Å²) < 4.78 is 0. The molecule has 1 unspecified atom stereocenters. The van der Waals surface area contributed by atoms with E-state index >= 15 is 0 Å². The van der Waals surface area contributed by atoms with E-state index in [1.807, 2.05) is 18.2 Å². The highest BCUT2D eigenvalue weighted by molar-refractivity contribution is 5.76. The number of hydrogen-bond donors (Lipinski definition) is 1. The Morgan fingerprint density at radius 3 is 2.61 bits per heavy atom. The smallest absolute Gasteiger partial charge is 0.220 e. The predicted octanol–water partition coefficient (Wildman–Crippen LogP) is 3.49. The van der Waals surface area contributed by atoms with Crippen molar-refractivity contribution in [1.82, 2.24) is 5.32 Å². The lowest BCUT2D eigenvalue weighted by molar-refractivity contribution is -0.122. The van der Waals surface area contributed by atoms with Gasteiger partial charge in [-0.3, -0.25) is 4.79 Å². The van der Waals surface area contributed by atoms with Gasteiger partial charge in [0.05, 0.1) is 0 Å². The minimum atomic E-state index is 0.227. The fourth-order valence-corrected chi connectivity index (χ4v) is 2.72. The molecule has 2 nitrogen and oxygen atoms in total. The summed E-state index contributed by atoms with van der Waals surface area (Å²) in [6.45, 7) is 2.90. The van der Waals surface area contributed by atoms with Crippen molar-refractivity contribution in [1.29, 1.82) is 0 Å². The van der Waals surface area contributed by atoms with E-state index < -0.39 is 0 Å². The van der Waals surface area contributed by atoms with E-state index in [9.17, 15) is 4.79 Å². The van der Waals surface area contributed by atoms with Crippen molar-refractivity contribution in [3.05, 3.63) is 35.9 Å². The molecule has 0 saturated heterocycles. The van der Waals surface area contributed by atoms with Gasteiger partial charge in [-0.2, -0.15) is 0 Å². The molecule has 0 radical (unpaired) electrons. The third-order valence-corrected chi connectivity index (χ3v) is 3.92. The minimum Gasteiger partial charge on any atom is -0.355 e. The number of benzene rings is 1. The molecule has 1 fully saturated rings. The second kappa shape index (κ2) is 6.58. The van der Waals surface area contributed by atoms with Crippen LogP contribution in [0, 0.1) is 5.92 Å². The summed E-state index contributed by atoms with van der Waals surface area (Å²) >= 11 is 0. The summed E-state index contributed by atoms with van der Waals surface area (Å²) in [4.78, 5) is 11.8. The molecule has 1 aromatic carbocycles. The molecule has 1 saturated carbocycles. The van der Waals surface area contributed by atoms with Gasteiger partial charge in [0.25, 0.3) is 0 Å². The number of hydrogen-bond acceptors (Lipinski definition) is 1. The van der Waals surface area contributed by atoms with Crippen LogP contribution in [-0.4, -0.2) is 12.5 Å². The summed E-state index contributed by atoms with van der Waals surface area (Å²) in [5.41, 5.74) is 1.29. The maximum Gasteiger partial charge on any atom is 0.220 e. The van der Waals surface area contributed by atoms with Gasteiger partial charge in [-0.25, -0.2) is 0 Å². The molecule has 1 N–H and O–H groups in total. The second-order valence-electron chi connectivity index (χ2n) is 5.47. The van der Waals surface area contributed by atoms with Gasteiger partial charge in [0.15, 0.2) is 0 Å². The van der Waals surface area contributed by atoms with Crippen molar-refractivity contribution < 1.29 is 4.79 Å². The number of carbonyl (C=O) groups excluding carboxylic acids is 1. The van der Waals surface area contributed by atoms with E-state index in [1.54, 1.807) is 0 Å². The van der Waals surface area contributed by atoms with E-state index in [0.29, 0.717) is 11.8 Å². The molecule has 2 rings (SSSR count). The van der Waals surface area contributed by atoms with Crippen LogP contribution in [0.1, 0.15) is 50.5 Å². The normalized spacial score (nSPS) is 17.6. The molecule has 1 aromatic rings. The van der Waals surface area contributed by atoms with Gasteiger partial charge < -0.3 is 5.32 Å². The molecule has 0 bridgehead atoms. The summed E-state index contributed by atoms with van der Waals surface area (Å²) in [5.74, 6) is 1.25. The van der Waals surface area contributed by atoms with Crippen molar-refractivity contribution in [2.24, 2.45) is 5.92 Å². The Labute approximate surface area is 110 Å². The van der Waals surface area contributed by atoms with Crippen LogP contribution in [-0.2, 0) is 4.79 Å². The standard InChI is InChI=1S/C16H23NO/c1-13(15-9-3-2-4-10-15)12-17-16(18)11-14-7-5-6-8-14/h2-4,9-10,13-14H,5-8,11-12H2,1H3,(H,17,18). The van der Waals surface area contributed by atoms with Crippen molar-refractivity contribution in [2.75, 3.05) is 6.54 Å². The Morgan fingerprint density at radius 1 is 1.28 bits per heavy atom. The zero-order valence-electron chi connectivity index (χ0n) is 11.2. The Bertz CT molecular complexity index is 368. The zero-order valence-corrected chi connectivity index (χ0v) is 11.2. The van der Waals surface area contributed by atoms with E-state index in [-0.39, 0.29) is 5.91 Å². The van der Waals surface area contributed by atoms with Crippen molar-refractivity contribution in [3.8, 4) is 0 Å². The lowest BCUT2D eigenvalue weighted by Crippen LogP contribution is -2.28. The molecule has 18 heavy (non-hydrogen) atoms. The van der Waals surface area contributed by atoms with E-state index in [0.717, 1.165) is 13.0 Å². The molecular weight excluding hydrogens is 222 g/mol. The fraction of sp³-hybridized carbons (Fsp3) is 0.562. The van der Waals surface area contributed by atoms with Crippen LogP contribution in [0.25, 0.3) is 0 Å². The van der Waals surface area contributed by atoms with Crippen molar-refractivity contribution in [2.45, 2.75) is 44.9 Å². The molecule has 1 amide bonds. The quantitative estimate of drug-likeness (QED) is 0.845. The molecule has 1 aliphatic rings. The first-order valence-electron chi connectivity index (χ1n) is 7.07. The molecule has 0 spiro atoms. The molecule has 1 aliphatic carbocycles. The largest absolute Gasteiger partial charge is 0.355 e. The third kappa shape index (κ3) is 3.86. The lowest BCUT2D eigenvalue weighted by atomic mass is 10.0. The Kier molecular flexibility index (Phi) is 4.80. The highest BCUT2D eigenvalue weighted by Gasteiger charge is 2.18. The van der Waals surface area contributed by atoms with Gasteiger partial charge in [-0.15, -0.1) is 0 Å². The first kappa shape index (κ1) is 13.1.